The fourth-order valence-electron chi connectivity index (χ4n) is 1.25. The second-order valence-corrected chi connectivity index (χ2v) is 3.10. The highest BCUT2D eigenvalue weighted by atomic mass is 16.1. The van der Waals surface area contributed by atoms with E-state index in [4.69, 9.17) is 5.73 Å². The number of benzene rings is 1. The quantitative estimate of drug-likeness (QED) is 0.746. The molecule has 76 valence electrons. The van der Waals surface area contributed by atoms with Gasteiger partial charge in [-0.3, -0.25) is 4.79 Å². The third-order valence-electron chi connectivity index (χ3n) is 1.99. The zero-order chi connectivity index (χ0) is 10.4. The zero-order valence-electron chi connectivity index (χ0n) is 8.42. The Morgan fingerprint density at radius 2 is 2.00 bits per heavy atom. The van der Waals surface area contributed by atoms with Gasteiger partial charge in [0.15, 0.2) is 0 Å². The van der Waals surface area contributed by atoms with Crippen LogP contribution in [0.4, 0.5) is 0 Å². The molecule has 0 heterocycles. The van der Waals surface area contributed by atoms with Gasteiger partial charge in [0, 0.05) is 12.1 Å². The van der Waals surface area contributed by atoms with Crippen LogP contribution >= 0.6 is 0 Å². The van der Waals surface area contributed by atoms with Crippen LogP contribution < -0.4 is 11.1 Å². The summed E-state index contributed by atoms with van der Waals surface area (Å²) in [7, 11) is 0. The average Bonchev–Trinajstić information content (AvgIpc) is 2.20. The monoisotopic (exact) mass is 192 g/mol. The van der Waals surface area contributed by atoms with Crippen LogP contribution in [0.15, 0.2) is 24.3 Å². The van der Waals surface area contributed by atoms with Crippen LogP contribution in [0, 0.1) is 0 Å². The number of carbonyl (C=O) groups is 1. The molecule has 0 bridgehead atoms. The maximum absolute atomic E-state index is 11.4. The molecule has 0 saturated heterocycles. The normalized spacial score (nSPS) is 9.86. The molecule has 0 aliphatic rings. The molecule has 1 amide bonds. The first-order chi connectivity index (χ1) is 6.77. The lowest BCUT2D eigenvalue weighted by atomic mass is 10.1. The van der Waals surface area contributed by atoms with Crippen molar-refractivity contribution in [1.82, 2.24) is 5.32 Å². The van der Waals surface area contributed by atoms with Crippen molar-refractivity contribution >= 4 is 5.91 Å². The Morgan fingerprint density at radius 1 is 1.36 bits per heavy atom. The van der Waals surface area contributed by atoms with E-state index < -0.39 is 0 Å². The average molecular weight is 192 g/mol. The van der Waals surface area contributed by atoms with Crippen LogP contribution in [0.2, 0.25) is 0 Å². The Morgan fingerprint density at radius 3 is 2.50 bits per heavy atom. The van der Waals surface area contributed by atoms with Crippen LogP contribution in [-0.2, 0) is 6.42 Å². The van der Waals surface area contributed by atoms with Crippen molar-refractivity contribution in [3.63, 3.8) is 0 Å². The molecule has 1 aromatic carbocycles. The van der Waals surface area contributed by atoms with Gasteiger partial charge in [0.1, 0.15) is 0 Å². The molecular weight excluding hydrogens is 176 g/mol. The number of nitrogens with two attached hydrogens (primary N) is 1. The van der Waals surface area contributed by atoms with E-state index in [1.165, 1.54) is 5.56 Å². The standard InChI is InChI=1S/C11H16N2O/c1-2-13-11(14)10-5-3-9(4-6-10)7-8-12/h3-6H,2,7-8,12H2,1H3,(H,13,14). The molecule has 0 aliphatic heterocycles. The summed E-state index contributed by atoms with van der Waals surface area (Å²) in [6.45, 7) is 3.20. The van der Waals surface area contributed by atoms with Crippen molar-refractivity contribution in [2.45, 2.75) is 13.3 Å². The molecule has 3 nitrogen and oxygen atoms in total. The van der Waals surface area contributed by atoms with E-state index in [2.05, 4.69) is 5.32 Å². The Balaban J connectivity index is 2.67. The van der Waals surface area contributed by atoms with Crippen LogP contribution in [0.5, 0.6) is 0 Å². The molecule has 0 saturated carbocycles. The van der Waals surface area contributed by atoms with Crippen LogP contribution in [0.1, 0.15) is 22.8 Å². The molecule has 0 atom stereocenters. The summed E-state index contributed by atoms with van der Waals surface area (Å²) in [6.07, 6.45) is 0.857. The number of hydrogen-bond acceptors (Lipinski definition) is 2. The molecule has 0 aliphatic carbocycles. The maximum atomic E-state index is 11.4. The second-order valence-electron chi connectivity index (χ2n) is 3.10. The summed E-state index contributed by atoms with van der Waals surface area (Å²) in [6, 6.07) is 7.54. The number of nitrogens with one attached hydrogen (secondary N) is 1. The first kappa shape index (κ1) is 10.7. The highest BCUT2D eigenvalue weighted by molar-refractivity contribution is 5.94. The molecule has 0 aromatic heterocycles. The topological polar surface area (TPSA) is 55.1 Å². The highest BCUT2D eigenvalue weighted by Gasteiger charge is 2.02. The lowest BCUT2D eigenvalue weighted by Crippen LogP contribution is -2.22. The van der Waals surface area contributed by atoms with E-state index >= 15 is 0 Å². The van der Waals surface area contributed by atoms with E-state index in [1.54, 1.807) is 0 Å². The first-order valence-corrected chi connectivity index (χ1v) is 4.85. The highest BCUT2D eigenvalue weighted by Crippen LogP contribution is 2.04. The van der Waals surface area contributed by atoms with Crippen molar-refractivity contribution in [1.29, 1.82) is 0 Å². The number of rotatable bonds is 4. The summed E-state index contributed by atoms with van der Waals surface area (Å²) in [5.74, 6) is -0.0215. The van der Waals surface area contributed by atoms with Gasteiger partial charge in [0.05, 0.1) is 0 Å². The van der Waals surface area contributed by atoms with E-state index in [0.29, 0.717) is 18.7 Å². The Kier molecular flexibility index (Phi) is 4.13. The van der Waals surface area contributed by atoms with Gasteiger partial charge >= 0.3 is 0 Å². The van der Waals surface area contributed by atoms with Gasteiger partial charge in [0.25, 0.3) is 5.91 Å². The SMILES string of the molecule is CCNC(=O)c1ccc(CCN)cc1. The Bertz CT molecular complexity index is 293. The van der Waals surface area contributed by atoms with Gasteiger partial charge < -0.3 is 11.1 Å². The van der Waals surface area contributed by atoms with Crippen molar-refractivity contribution in [2.24, 2.45) is 5.73 Å². The summed E-state index contributed by atoms with van der Waals surface area (Å²) >= 11 is 0. The minimum Gasteiger partial charge on any atom is -0.352 e. The molecular formula is C11H16N2O. The van der Waals surface area contributed by atoms with Crippen LogP contribution in [0.3, 0.4) is 0 Å². The molecule has 3 heteroatoms. The maximum Gasteiger partial charge on any atom is 0.251 e. The fraction of sp³-hybridized carbons (Fsp3) is 0.364. The molecule has 0 radical (unpaired) electrons. The number of amides is 1. The number of carbonyl (C=O) groups excluding carboxylic acids is 1. The lowest BCUT2D eigenvalue weighted by molar-refractivity contribution is 0.0956. The van der Waals surface area contributed by atoms with Gasteiger partial charge in [0.2, 0.25) is 0 Å². The Labute approximate surface area is 84.3 Å². The molecule has 0 spiro atoms. The second kappa shape index (κ2) is 5.40. The summed E-state index contributed by atoms with van der Waals surface area (Å²) in [4.78, 5) is 11.4. The largest absolute Gasteiger partial charge is 0.352 e. The van der Waals surface area contributed by atoms with Gasteiger partial charge in [-0.1, -0.05) is 12.1 Å². The Hall–Kier alpha value is -1.35. The first-order valence-electron chi connectivity index (χ1n) is 4.85. The van der Waals surface area contributed by atoms with Crippen molar-refractivity contribution in [3.8, 4) is 0 Å². The van der Waals surface area contributed by atoms with Gasteiger partial charge in [-0.05, 0) is 37.6 Å². The molecule has 0 fully saturated rings. The predicted octanol–water partition coefficient (Wildman–Crippen LogP) is 0.938. The minimum atomic E-state index is -0.0215. The summed E-state index contributed by atoms with van der Waals surface area (Å²) in [5.41, 5.74) is 7.30. The van der Waals surface area contributed by atoms with Gasteiger partial charge in [-0.2, -0.15) is 0 Å². The predicted molar refractivity (Wildman–Crippen MR) is 57.2 cm³/mol. The third kappa shape index (κ3) is 2.85. The zero-order valence-corrected chi connectivity index (χ0v) is 8.42. The minimum absolute atomic E-state index is 0.0215. The van der Waals surface area contributed by atoms with Crippen molar-refractivity contribution in [3.05, 3.63) is 35.4 Å². The van der Waals surface area contributed by atoms with E-state index in [0.717, 1.165) is 6.42 Å². The van der Waals surface area contributed by atoms with Crippen LogP contribution in [0.25, 0.3) is 0 Å². The molecule has 14 heavy (non-hydrogen) atoms. The molecule has 1 rings (SSSR count). The third-order valence-corrected chi connectivity index (χ3v) is 1.99. The molecule has 1 aromatic rings. The smallest absolute Gasteiger partial charge is 0.251 e. The van der Waals surface area contributed by atoms with E-state index in [-0.39, 0.29) is 5.91 Å². The molecule has 3 N–H and O–H groups in total. The summed E-state index contributed by atoms with van der Waals surface area (Å²) in [5, 5.41) is 2.75. The fourth-order valence-corrected chi connectivity index (χ4v) is 1.25. The van der Waals surface area contributed by atoms with Gasteiger partial charge in [-0.15, -0.1) is 0 Å². The lowest BCUT2D eigenvalue weighted by Gasteiger charge is -2.03. The van der Waals surface area contributed by atoms with E-state index in [1.807, 2.05) is 31.2 Å². The van der Waals surface area contributed by atoms with Gasteiger partial charge in [-0.25, -0.2) is 0 Å². The number of hydrogen-bond donors (Lipinski definition) is 2. The summed E-state index contributed by atoms with van der Waals surface area (Å²) < 4.78 is 0. The van der Waals surface area contributed by atoms with Crippen LogP contribution in [-0.4, -0.2) is 19.0 Å². The van der Waals surface area contributed by atoms with Crippen molar-refractivity contribution in [2.75, 3.05) is 13.1 Å². The van der Waals surface area contributed by atoms with Crippen molar-refractivity contribution < 1.29 is 4.79 Å². The van der Waals surface area contributed by atoms with E-state index in [9.17, 15) is 4.79 Å². The molecule has 0 unspecified atom stereocenters.